The maximum atomic E-state index is 11.8. The third kappa shape index (κ3) is 5.88. The van der Waals surface area contributed by atoms with E-state index >= 15 is 0 Å². The highest BCUT2D eigenvalue weighted by Gasteiger charge is 2.19. The lowest BCUT2D eigenvalue weighted by Crippen LogP contribution is -2.34. The third-order valence-electron chi connectivity index (χ3n) is 1.95. The van der Waals surface area contributed by atoms with Crippen LogP contribution in [0.15, 0.2) is 4.34 Å². The smallest absolute Gasteiger partial charge is 0.269 e. The molecule has 0 bridgehead atoms. The number of hydrogen-bond acceptors (Lipinski definition) is 8. The quantitative estimate of drug-likeness (QED) is 0.347. The number of amides is 1. The second-order valence-corrected chi connectivity index (χ2v) is 6.92. The number of sulfonamides is 1. The molecule has 0 aromatic carbocycles. The minimum atomic E-state index is -3.73. The molecule has 1 atom stereocenters. The summed E-state index contributed by atoms with van der Waals surface area (Å²) >= 11 is 0.772. The topological polar surface area (TPSA) is 133 Å². The van der Waals surface area contributed by atoms with E-state index in [0.29, 0.717) is 13.1 Å². The van der Waals surface area contributed by atoms with Crippen LogP contribution in [0.1, 0.15) is 13.8 Å². The number of nitrogens with zero attached hydrogens (tertiary/aromatic N) is 2. The lowest BCUT2D eigenvalue weighted by molar-refractivity contribution is -0.114. The van der Waals surface area contributed by atoms with Crippen LogP contribution in [0.2, 0.25) is 0 Å². The number of anilines is 1. The molecule has 20 heavy (non-hydrogen) atoms. The van der Waals surface area contributed by atoms with Crippen molar-refractivity contribution in [3.8, 4) is 0 Å². The number of carbonyl (C=O) groups is 1. The molecular formula is C9H17N5O4S2. The lowest BCUT2D eigenvalue weighted by atomic mass is 10.4. The minimum absolute atomic E-state index is 0.130. The molecule has 1 unspecified atom stereocenters. The van der Waals surface area contributed by atoms with Crippen LogP contribution in [0, 0.1) is 0 Å². The van der Waals surface area contributed by atoms with Crippen LogP contribution < -0.4 is 15.4 Å². The van der Waals surface area contributed by atoms with E-state index in [1.165, 1.54) is 6.92 Å². The first kappa shape index (κ1) is 16.9. The fourth-order valence-electron chi connectivity index (χ4n) is 1.17. The van der Waals surface area contributed by atoms with Crippen molar-refractivity contribution in [2.24, 2.45) is 0 Å². The first-order valence-corrected chi connectivity index (χ1v) is 8.11. The Bertz CT molecular complexity index is 542. The Kier molecular flexibility index (Phi) is 6.42. The molecule has 114 valence electrons. The van der Waals surface area contributed by atoms with Crippen LogP contribution in [0.5, 0.6) is 0 Å². The van der Waals surface area contributed by atoms with E-state index in [1.807, 2.05) is 0 Å². The number of nitrogens with one attached hydrogen (secondary N) is 3. The summed E-state index contributed by atoms with van der Waals surface area (Å²) in [4.78, 5) is 10.8. The molecule has 1 amide bonds. The predicted molar refractivity (Wildman–Crippen MR) is 74.0 cm³/mol. The summed E-state index contributed by atoms with van der Waals surface area (Å²) in [6.45, 7) is 3.84. The molecule has 0 fully saturated rings. The van der Waals surface area contributed by atoms with E-state index < -0.39 is 16.1 Å². The molecule has 0 spiro atoms. The number of aliphatic hydroxyl groups is 1. The summed E-state index contributed by atoms with van der Waals surface area (Å²) in [5.41, 5.74) is 0. The zero-order valence-electron chi connectivity index (χ0n) is 11.1. The maximum Gasteiger partial charge on any atom is 0.269 e. The zero-order valence-corrected chi connectivity index (χ0v) is 12.7. The number of rotatable bonds is 8. The van der Waals surface area contributed by atoms with Crippen molar-refractivity contribution < 1.29 is 18.3 Å². The second kappa shape index (κ2) is 7.59. The first-order chi connectivity index (χ1) is 9.31. The Labute approximate surface area is 120 Å². The van der Waals surface area contributed by atoms with Gasteiger partial charge in [0.2, 0.25) is 15.4 Å². The molecule has 4 N–H and O–H groups in total. The Morgan fingerprint density at radius 3 is 2.70 bits per heavy atom. The largest absolute Gasteiger partial charge is 0.392 e. The van der Waals surface area contributed by atoms with Gasteiger partial charge >= 0.3 is 0 Å². The van der Waals surface area contributed by atoms with Crippen LogP contribution in [0.25, 0.3) is 0 Å². The van der Waals surface area contributed by atoms with Gasteiger partial charge in [0.1, 0.15) is 0 Å². The highest BCUT2D eigenvalue weighted by Crippen LogP contribution is 2.19. The molecule has 9 nitrogen and oxygen atoms in total. The fourth-order valence-corrected chi connectivity index (χ4v) is 3.18. The summed E-state index contributed by atoms with van der Waals surface area (Å²) in [6, 6.07) is 0. The van der Waals surface area contributed by atoms with Crippen LogP contribution in [-0.2, 0) is 14.8 Å². The molecule has 1 heterocycles. The average molecular weight is 323 g/mol. The molecular weight excluding hydrogens is 306 g/mol. The molecule has 0 saturated heterocycles. The minimum Gasteiger partial charge on any atom is -0.392 e. The van der Waals surface area contributed by atoms with Gasteiger partial charge in [0.05, 0.1) is 6.10 Å². The van der Waals surface area contributed by atoms with Crippen molar-refractivity contribution in [3.05, 3.63) is 0 Å². The monoisotopic (exact) mass is 323 g/mol. The summed E-state index contributed by atoms with van der Waals surface area (Å²) in [5.74, 6) is -0.347. The van der Waals surface area contributed by atoms with Gasteiger partial charge in [0.15, 0.2) is 0 Å². The Hall–Kier alpha value is -1.14. The standard InChI is InChI=1S/C9H17N5O4S2/c1-6(15)5-10-3-4-11-20(17,18)9-14-13-8(19-9)12-7(2)16/h6,10-11,15H,3-5H2,1-2H3,(H,12,13,16). The van der Waals surface area contributed by atoms with Gasteiger partial charge in [-0.3, -0.25) is 4.79 Å². The van der Waals surface area contributed by atoms with Crippen molar-refractivity contribution in [2.45, 2.75) is 24.3 Å². The van der Waals surface area contributed by atoms with E-state index in [-0.39, 0.29) is 21.9 Å². The van der Waals surface area contributed by atoms with Crippen LogP contribution in [0.3, 0.4) is 0 Å². The van der Waals surface area contributed by atoms with E-state index in [1.54, 1.807) is 6.92 Å². The van der Waals surface area contributed by atoms with Crippen LogP contribution in [-0.4, -0.2) is 55.4 Å². The van der Waals surface area contributed by atoms with Gasteiger partial charge in [-0.2, -0.15) is 0 Å². The summed E-state index contributed by atoms with van der Waals surface area (Å²) in [6.07, 6.45) is -0.491. The molecule has 1 aromatic heterocycles. The van der Waals surface area contributed by atoms with Gasteiger partial charge in [0, 0.05) is 26.6 Å². The summed E-state index contributed by atoms with van der Waals surface area (Å²) < 4.78 is 25.8. The van der Waals surface area contributed by atoms with Gasteiger partial charge < -0.3 is 15.7 Å². The van der Waals surface area contributed by atoms with Crippen molar-refractivity contribution in [1.29, 1.82) is 0 Å². The van der Waals surface area contributed by atoms with E-state index in [0.717, 1.165) is 11.3 Å². The van der Waals surface area contributed by atoms with Gasteiger partial charge in [-0.05, 0) is 6.92 Å². The fraction of sp³-hybridized carbons (Fsp3) is 0.667. The Balaban J connectivity index is 2.47. The van der Waals surface area contributed by atoms with Crippen molar-refractivity contribution in [2.75, 3.05) is 25.0 Å². The van der Waals surface area contributed by atoms with Gasteiger partial charge in [-0.15, -0.1) is 10.2 Å². The van der Waals surface area contributed by atoms with Crippen molar-refractivity contribution >= 4 is 32.4 Å². The number of aromatic nitrogens is 2. The first-order valence-electron chi connectivity index (χ1n) is 5.81. The second-order valence-electron chi connectivity index (χ2n) is 4.01. The van der Waals surface area contributed by atoms with Crippen molar-refractivity contribution in [3.63, 3.8) is 0 Å². The molecule has 0 aliphatic rings. The molecule has 0 saturated carbocycles. The van der Waals surface area contributed by atoms with Gasteiger partial charge in [-0.1, -0.05) is 11.3 Å². The molecule has 0 aliphatic carbocycles. The van der Waals surface area contributed by atoms with Gasteiger partial charge in [0.25, 0.3) is 10.0 Å². The molecule has 1 aromatic rings. The number of hydrogen-bond donors (Lipinski definition) is 4. The predicted octanol–water partition coefficient (Wildman–Crippen LogP) is -1.25. The highest BCUT2D eigenvalue weighted by molar-refractivity contribution is 7.91. The number of carbonyl (C=O) groups excluding carboxylic acids is 1. The summed E-state index contributed by atoms with van der Waals surface area (Å²) in [7, 11) is -3.73. The molecule has 1 rings (SSSR count). The highest BCUT2D eigenvalue weighted by atomic mass is 32.2. The third-order valence-corrected chi connectivity index (χ3v) is 4.62. The Morgan fingerprint density at radius 1 is 1.40 bits per heavy atom. The van der Waals surface area contributed by atoms with Crippen molar-refractivity contribution in [1.82, 2.24) is 20.2 Å². The SMILES string of the molecule is CC(=O)Nc1nnc(S(=O)(=O)NCCNCC(C)O)s1. The molecule has 0 radical (unpaired) electrons. The molecule has 11 heteroatoms. The van der Waals surface area contributed by atoms with Gasteiger partial charge in [-0.25, -0.2) is 13.1 Å². The van der Waals surface area contributed by atoms with E-state index in [9.17, 15) is 13.2 Å². The summed E-state index contributed by atoms with van der Waals surface area (Å²) in [5, 5.41) is 21.4. The maximum absolute atomic E-state index is 11.8. The van der Waals surface area contributed by atoms with Crippen LogP contribution in [0.4, 0.5) is 5.13 Å². The zero-order chi connectivity index (χ0) is 15.2. The lowest BCUT2D eigenvalue weighted by Gasteiger charge is -2.07. The molecule has 0 aliphatic heterocycles. The average Bonchev–Trinajstić information content (AvgIpc) is 2.76. The van der Waals surface area contributed by atoms with E-state index in [4.69, 9.17) is 5.11 Å². The Morgan fingerprint density at radius 2 is 2.10 bits per heavy atom. The normalized spacial score (nSPS) is 13.2. The number of aliphatic hydroxyl groups excluding tert-OH is 1. The van der Waals surface area contributed by atoms with E-state index in [2.05, 4.69) is 25.6 Å². The van der Waals surface area contributed by atoms with Crippen LogP contribution >= 0.6 is 11.3 Å².